The van der Waals surface area contributed by atoms with Gasteiger partial charge in [0.2, 0.25) is 5.91 Å². The lowest BCUT2D eigenvalue weighted by Gasteiger charge is -2.10. The van der Waals surface area contributed by atoms with Gasteiger partial charge in [0, 0.05) is 12.1 Å². The zero-order chi connectivity index (χ0) is 23.1. The Morgan fingerprint density at radius 3 is 2.53 bits per heavy atom. The molecule has 7 nitrogen and oxygen atoms in total. The van der Waals surface area contributed by atoms with Gasteiger partial charge < -0.3 is 15.4 Å². The minimum atomic E-state index is -4.56. The summed E-state index contributed by atoms with van der Waals surface area (Å²) in [5, 5.41) is 11.3. The normalized spacial score (nSPS) is 11.1. The number of para-hydroxylation sites is 1. The van der Waals surface area contributed by atoms with Crippen molar-refractivity contribution in [2.45, 2.75) is 12.6 Å². The van der Waals surface area contributed by atoms with Gasteiger partial charge in [0.05, 0.1) is 24.9 Å². The van der Waals surface area contributed by atoms with Crippen LogP contribution in [0, 0.1) is 0 Å². The maximum atomic E-state index is 13.2. The average molecular weight is 446 g/mol. The standard InChI is InChI=1S/C22H21F3N4O3/c1-32-19-9-5-2-6-14(19)10-11-26-20(30)13-27-21(31)18-12-17(28-29-18)15-7-3-4-8-16(15)22(23,24)25/h2-9,12H,10-11,13H2,1H3,(H,26,30)(H,27,31)(H,28,29). The number of aromatic amines is 1. The molecule has 0 unspecified atom stereocenters. The summed E-state index contributed by atoms with van der Waals surface area (Å²) in [4.78, 5) is 24.3. The summed E-state index contributed by atoms with van der Waals surface area (Å²) in [7, 11) is 1.57. The summed E-state index contributed by atoms with van der Waals surface area (Å²) in [5.41, 5.74) is -0.149. The molecule has 0 radical (unpaired) electrons. The molecule has 0 fully saturated rings. The monoisotopic (exact) mass is 446 g/mol. The molecule has 1 heterocycles. The summed E-state index contributed by atoms with van der Waals surface area (Å²) in [5.74, 6) is -0.347. The van der Waals surface area contributed by atoms with Gasteiger partial charge in [-0.15, -0.1) is 0 Å². The molecule has 0 atom stereocenters. The molecular formula is C22H21F3N4O3. The van der Waals surface area contributed by atoms with E-state index in [1.165, 1.54) is 24.3 Å². The van der Waals surface area contributed by atoms with Crippen LogP contribution in [-0.4, -0.2) is 42.2 Å². The molecule has 0 aliphatic rings. The van der Waals surface area contributed by atoms with E-state index in [1.807, 2.05) is 24.3 Å². The number of rotatable bonds is 8. The summed E-state index contributed by atoms with van der Waals surface area (Å²) < 4.78 is 44.8. The summed E-state index contributed by atoms with van der Waals surface area (Å²) >= 11 is 0. The lowest BCUT2D eigenvalue weighted by atomic mass is 10.0. The Morgan fingerprint density at radius 2 is 1.78 bits per heavy atom. The quantitative estimate of drug-likeness (QED) is 0.495. The number of nitrogens with zero attached hydrogens (tertiary/aromatic N) is 1. The minimum Gasteiger partial charge on any atom is -0.496 e. The molecule has 0 saturated heterocycles. The van der Waals surface area contributed by atoms with Crippen LogP contribution in [0.1, 0.15) is 21.6 Å². The molecule has 168 valence electrons. The van der Waals surface area contributed by atoms with Crippen LogP contribution in [0.15, 0.2) is 54.6 Å². The first-order valence-corrected chi connectivity index (χ1v) is 9.68. The van der Waals surface area contributed by atoms with Gasteiger partial charge in [0.15, 0.2) is 0 Å². The molecule has 0 aliphatic heterocycles. The van der Waals surface area contributed by atoms with Gasteiger partial charge in [-0.1, -0.05) is 36.4 Å². The third-order valence-electron chi connectivity index (χ3n) is 4.65. The number of methoxy groups -OCH3 is 1. The number of alkyl halides is 3. The van der Waals surface area contributed by atoms with Crippen LogP contribution in [0.5, 0.6) is 5.75 Å². The van der Waals surface area contributed by atoms with E-state index >= 15 is 0 Å². The third-order valence-corrected chi connectivity index (χ3v) is 4.65. The number of H-pyrrole nitrogens is 1. The summed E-state index contributed by atoms with van der Waals surface area (Å²) in [6.07, 6.45) is -4.01. The smallest absolute Gasteiger partial charge is 0.417 e. The molecule has 0 bridgehead atoms. The molecule has 32 heavy (non-hydrogen) atoms. The van der Waals surface area contributed by atoms with Crippen molar-refractivity contribution in [2.24, 2.45) is 0 Å². The number of ether oxygens (including phenoxy) is 1. The van der Waals surface area contributed by atoms with Crippen LogP contribution < -0.4 is 15.4 Å². The average Bonchev–Trinajstić information content (AvgIpc) is 3.27. The van der Waals surface area contributed by atoms with E-state index in [2.05, 4.69) is 20.8 Å². The lowest BCUT2D eigenvalue weighted by molar-refractivity contribution is -0.137. The highest BCUT2D eigenvalue weighted by Crippen LogP contribution is 2.36. The summed E-state index contributed by atoms with van der Waals surface area (Å²) in [6.45, 7) is 0.0513. The van der Waals surface area contributed by atoms with Crippen LogP contribution in [-0.2, 0) is 17.4 Å². The molecule has 2 aromatic carbocycles. The predicted octanol–water partition coefficient (Wildman–Crippen LogP) is 3.19. The molecule has 0 saturated carbocycles. The van der Waals surface area contributed by atoms with Crippen LogP contribution in [0.3, 0.4) is 0 Å². The molecule has 3 rings (SSSR count). The lowest BCUT2D eigenvalue weighted by Crippen LogP contribution is -2.37. The maximum absolute atomic E-state index is 13.2. The number of hydrogen-bond donors (Lipinski definition) is 3. The second kappa shape index (κ2) is 9.99. The fourth-order valence-corrected chi connectivity index (χ4v) is 3.09. The Hall–Kier alpha value is -3.82. The number of halogens is 3. The predicted molar refractivity (Wildman–Crippen MR) is 111 cm³/mol. The van der Waals surface area contributed by atoms with E-state index in [-0.39, 0.29) is 23.5 Å². The minimum absolute atomic E-state index is 0.0238. The molecule has 2 amide bonds. The van der Waals surface area contributed by atoms with E-state index in [1.54, 1.807) is 7.11 Å². The highest BCUT2D eigenvalue weighted by molar-refractivity contribution is 5.95. The van der Waals surface area contributed by atoms with E-state index in [0.29, 0.717) is 13.0 Å². The molecule has 1 aromatic heterocycles. The van der Waals surface area contributed by atoms with Crippen molar-refractivity contribution < 1.29 is 27.5 Å². The van der Waals surface area contributed by atoms with Crippen LogP contribution >= 0.6 is 0 Å². The van der Waals surface area contributed by atoms with Gasteiger partial charge in [-0.25, -0.2) is 0 Å². The van der Waals surface area contributed by atoms with Gasteiger partial charge in [-0.05, 0) is 30.2 Å². The SMILES string of the molecule is COc1ccccc1CCNC(=O)CNC(=O)c1cc(-c2ccccc2C(F)(F)F)n[nH]1. The fraction of sp³-hybridized carbons (Fsp3) is 0.227. The third kappa shape index (κ3) is 5.65. The number of amides is 2. The fourth-order valence-electron chi connectivity index (χ4n) is 3.09. The van der Waals surface area contributed by atoms with Gasteiger partial charge in [0.1, 0.15) is 11.4 Å². The number of carbonyl (C=O) groups is 2. The van der Waals surface area contributed by atoms with E-state index in [9.17, 15) is 22.8 Å². The Morgan fingerprint density at radius 1 is 1.06 bits per heavy atom. The second-order valence-corrected chi connectivity index (χ2v) is 6.80. The van der Waals surface area contributed by atoms with E-state index in [0.717, 1.165) is 17.4 Å². The number of benzene rings is 2. The van der Waals surface area contributed by atoms with Crippen LogP contribution in [0.2, 0.25) is 0 Å². The van der Waals surface area contributed by atoms with Crippen molar-refractivity contribution in [3.8, 4) is 17.0 Å². The zero-order valence-electron chi connectivity index (χ0n) is 17.1. The van der Waals surface area contributed by atoms with Crippen molar-refractivity contribution in [3.05, 3.63) is 71.4 Å². The van der Waals surface area contributed by atoms with E-state index in [4.69, 9.17) is 4.74 Å². The topological polar surface area (TPSA) is 96.1 Å². The first kappa shape index (κ1) is 22.9. The molecule has 3 N–H and O–H groups in total. The number of nitrogens with one attached hydrogen (secondary N) is 3. The van der Waals surface area contributed by atoms with Crippen molar-refractivity contribution >= 4 is 11.8 Å². The van der Waals surface area contributed by atoms with Gasteiger partial charge in [-0.3, -0.25) is 14.7 Å². The van der Waals surface area contributed by atoms with Crippen molar-refractivity contribution in [1.29, 1.82) is 0 Å². The molecule has 0 aliphatic carbocycles. The molecule has 0 spiro atoms. The van der Waals surface area contributed by atoms with Crippen LogP contribution in [0.4, 0.5) is 13.2 Å². The second-order valence-electron chi connectivity index (χ2n) is 6.80. The largest absolute Gasteiger partial charge is 0.496 e. The molecule has 10 heteroatoms. The van der Waals surface area contributed by atoms with E-state index < -0.39 is 23.6 Å². The first-order valence-electron chi connectivity index (χ1n) is 9.68. The van der Waals surface area contributed by atoms with Gasteiger partial charge >= 0.3 is 6.18 Å². The Balaban J connectivity index is 1.53. The summed E-state index contributed by atoms with van der Waals surface area (Å²) in [6, 6.07) is 13.6. The number of hydrogen-bond acceptors (Lipinski definition) is 4. The van der Waals surface area contributed by atoms with Crippen molar-refractivity contribution in [2.75, 3.05) is 20.2 Å². The molecular weight excluding hydrogens is 425 g/mol. The van der Waals surface area contributed by atoms with Crippen molar-refractivity contribution in [1.82, 2.24) is 20.8 Å². The van der Waals surface area contributed by atoms with Gasteiger partial charge in [-0.2, -0.15) is 18.3 Å². The Bertz CT molecular complexity index is 1100. The highest BCUT2D eigenvalue weighted by Gasteiger charge is 2.34. The first-order chi connectivity index (χ1) is 15.3. The number of carbonyl (C=O) groups excluding carboxylic acids is 2. The number of aromatic nitrogens is 2. The van der Waals surface area contributed by atoms with Gasteiger partial charge in [0.25, 0.3) is 5.91 Å². The maximum Gasteiger partial charge on any atom is 0.417 e. The van der Waals surface area contributed by atoms with Crippen LogP contribution in [0.25, 0.3) is 11.3 Å². The zero-order valence-corrected chi connectivity index (χ0v) is 17.1. The van der Waals surface area contributed by atoms with Crippen molar-refractivity contribution in [3.63, 3.8) is 0 Å². The Labute approximate surface area is 182 Å². The Kier molecular flexibility index (Phi) is 7.14. The highest BCUT2D eigenvalue weighted by atomic mass is 19.4. The molecule has 3 aromatic rings.